The number of ether oxygens (including phenoxy) is 7. The van der Waals surface area contributed by atoms with Crippen molar-refractivity contribution in [2.75, 3.05) is 66.1 Å². The van der Waals surface area contributed by atoms with Crippen molar-refractivity contribution in [2.45, 2.75) is 78.2 Å². The maximum Gasteiger partial charge on any atom is 0.343 e. The second kappa shape index (κ2) is 19.7. The summed E-state index contributed by atoms with van der Waals surface area (Å²) in [5, 5.41) is 0. The van der Waals surface area contributed by atoms with Gasteiger partial charge in [0.25, 0.3) is 0 Å². The summed E-state index contributed by atoms with van der Waals surface area (Å²) in [5.74, 6) is 2.26. The molecule has 10 heteroatoms. The van der Waals surface area contributed by atoms with Crippen LogP contribution in [0.15, 0.2) is 84.9 Å². The van der Waals surface area contributed by atoms with Gasteiger partial charge in [0, 0.05) is 29.5 Å². The van der Waals surface area contributed by atoms with Crippen molar-refractivity contribution in [2.24, 2.45) is 10.8 Å². The van der Waals surface area contributed by atoms with E-state index in [0.29, 0.717) is 49.2 Å². The van der Waals surface area contributed by atoms with E-state index in [1.165, 1.54) is 0 Å². The van der Waals surface area contributed by atoms with E-state index in [2.05, 4.69) is 33.8 Å². The number of unbranched alkanes of at least 4 members (excludes halogenated alkanes) is 4. The summed E-state index contributed by atoms with van der Waals surface area (Å²) in [5.41, 5.74) is 5.89. The minimum Gasteiger partial charge on any atom is -0.494 e. The fourth-order valence-corrected chi connectivity index (χ4v) is 7.56. The van der Waals surface area contributed by atoms with E-state index in [1.807, 2.05) is 54.6 Å². The zero-order valence-corrected chi connectivity index (χ0v) is 35.2. The predicted molar refractivity (Wildman–Crippen MR) is 225 cm³/mol. The summed E-state index contributed by atoms with van der Waals surface area (Å²) >= 11 is 0. The Labute approximate surface area is 349 Å². The van der Waals surface area contributed by atoms with Gasteiger partial charge in [-0.1, -0.05) is 58.4 Å². The Kier molecular flexibility index (Phi) is 14.3. The quantitative estimate of drug-likeness (QED) is 0.0224. The molecule has 3 aliphatic rings. The highest BCUT2D eigenvalue weighted by Gasteiger charge is 2.37. The van der Waals surface area contributed by atoms with Crippen LogP contribution in [0.4, 0.5) is 0 Å². The van der Waals surface area contributed by atoms with Crippen LogP contribution in [0.1, 0.15) is 93.3 Å². The minimum atomic E-state index is -0.420. The van der Waals surface area contributed by atoms with Crippen LogP contribution in [0.2, 0.25) is 0 Å². The topological polar surface area (TPSA) is 100 Å². The van der Waals surface area contributed by atoms with Gasteiger partial charge in [-0.05, 0) is 121 Å². The molecule has 0 saturated carbocycles. The number of carbonyl (C=O) groups excluding carboxylic acids is 1. The Bertz CT molecular complexity index is 1960. The highest BCUT2D eigenvalue weighted by molar-refractivity contribution is 5.91. The summed E-state index contributed by atoms with van der Waals surface area (Å²) < 4.78 is 39.8. The zero-order valence-electron chi connectivity index (χ0n) is 35.2. The van der Waals surface area contributed by atoms with Crippen molar-refractivity contribution in [1.82, 2.24) is 0 Å². The molecule has 2 heterocycles. The molecule has 0 spiro atoms. The van der Waals surface area contributed by atoms with Crippen molar-refractivity contribution >= 4 is 5.97 Å². The summed E-state index contributed by atoms with van der Waals surface area (Å²) in [6.45, 7) is 16.5. The van der Waals surface area contributed by atoms with Gasteiger partial charge in [-0.25, -0.2) is 4.79 Å². The standard InChI is InChI=1S/C49H60O10/c1-47(2)44-27-40(58-46(50)37-13-17-39(18-14-37)56-26-10-9-24-52-31-49(4)34-54-35-49)19-21-42(44)43-22-20-41(28-45(43)47)59-57-29-36-11-15-38(16-12-36)55-25-8-6-5-7-23-51-30-48(3)32-53-33-48/h11-22,27-28H,5-10,23-26,29-35H2,1-4H3. The van der Waals surface area contributed by atoms with Crippen LogP contribution in [-0.2, 0) is 35.9 Å². The molecule has 0 N–H and O–H groups in total. The monoisotopic (exact) mass is 808 g/mol. The normalized spacial score (nSPS) is 16.6. The summed E-state index contributed by atoms with van der Waals surface area (Å²) in [6.07, 6.45) is 6.17. The van der Waals surface area contributed by atoms with Crippen LogP contribution < -0.4 is 19.1 Å². The number of rotatable bonds is 24. The molecule has 4 aromatic carbocycles. The first-order valence-corrected chi connectivity index (χ1v) is 21.2. The van der Waals surface area contributed by atoms with Gasteiger partial charge in [0.1, 0.15) is 23.9 Å². The highest BCUT2D eigenvalue weighted by atomic mass is 17.2. The van der Waals surface area contributed by atoms with Gasteiger partial charge in [-0.15, -0.1) is 0 Å². The van der Waals surface area contributed by atoms with E-state index < -0.39 is 5.97 Å². The largest absolute Gasteiger partial charge is 0.494 e. The molecule has 2 saturated heterocycles. The van der Waals surface area contributed by atoms with Crippen LogP contribution in [0.5, 0.6) is 23.0 Å². The highest BCUT2D eigenvalue weighted by Crippen LogP contribution is 2.50. The number of carbonyl (C=O) groups is 1. The SMILES string of the molecule is CC1(COCCCCCCOc2ccc(COOc3ccc4c(c3)C(C)(C)c3cc(OC(=O)c5ccc(OCCCCOCC6(C)COC6)cc5)ccc3-4)cc2)COC1. The lowest BCUT2D eigenvalue weighted by Crippen LogP contribution is -2.43. The minimum absolute atomic E-state index is 0.174. The molecule has 0 atom stereocenters. The van der Waals surface area contributed by atoms with Crippen LogP contribution in [0, 0.1) is 10.8 Å². The average Bonchev–Trinajstić information content (AvgIpc) is 3.43. The molecule has 2 aliphatic heterocycles. The first-order chi connectivity index (χ1) is 28.6. The zero-order chi connectivity index (χ0) is 41.1. The molecular weight excluding hydrogens is 749 g/mol. The maximum absolute atomic E-state index is 13.1. The number of fused-ring (bicyclic) bond motifs is 3. The number of hydrogen-bond donors (Lipinski definition) is 0. The molecule has 0 aromatic heterocycles. The Morgan fingerprint density at radius 3 is 1.59 bits per heavy atom. The van der Waals surface area contributed by atoms with Crippen molar-refractivity contribution in [3.63, 3.8) is 0 Å². The second-order valence-electron chi connectivity index (χ2n) is 17.5. The molecule has 0 radical (unpaired) electrons. The van der Waals surface area contributed by atoms with E-state index in [0.717, 1.165) is 118 Å². The predicted octanol–water partition coefficient (Wildman–Crippen LogP) is 9.93. The Morgan fingerprint density at radius 1 is 0.559 bits per heavy atom. The molecule has 7 rings (SSSR count). The van der Waals surface area contributed by atoms with Gasteiger partial charge in [-0.3, -0.25) is 0 Å². The van der Waals surface area contributed by atoms with Crippen molar-refractivity contribution in [3.05, 3.63) is 107 Å². The number of benzene rings is 4. The third kappa shape index (κ3) is 11.4. The van der Waals surface area contributed by atoms with Crippen LogP contribution >= 0.6 is 0 Å². The first kappa shape index (κ1) is 42.7. The molecule has 2 fully saturated rings. The fourth-order valence-electron chi connectivity index (χ4n) is 7.56. The molecule has 0 unspecified atom stereocenters. The smallest absolute Gasteiger partial charge is 0.343 e. The maximum atomic E-state index is 13.1. The van der Waals surface area contributed by atoms with Crippen molar-refractivity contribution < 1.29 is 47.7 Å². The van der Waals surface area contributed by atoms with E-state index in [-0.39, 0.29) is 16.2 Å². The lowest BCUT2D eigenvalue weighted by atomic mass is 9.82. The number of esters is 1. The average molecular weight is 809 g/mol. The molecule has 1 aliphatic carbocycles. The van der Waals surface area contributed by atoms with E-state index in [9.17, 15) is 4.79 Å². The second-order valence-corrected chi connectivity index (χ2v) is 17.5. The van der Waals surface area contributed by atoms with Crippen LogP contribution in [0.25, 0.3) is 11.1 Å². The lowest BCUT2D eigenvalue weighted by molar-refractivity contribution is -0.217. The molecule has 316 valence electrons. The molecule has 0 bridgehead atoms. The number of hydrogen-bond acceptors (Lipinski definition) is 10. The van der Waals surface area contributed by atoms with E-state index in [1.54, 1.807) is 24.3 Å². The van der Waals surface area contributed by atoms with Gasteiger partial charge < -0.3 is 38.0 Å². The van der Waals surface area contributed by atoms with Crippen LogP contribution in [0.3, 0.4) is 0 Å². The van der Waals surface area contributed by atoms with Gasteiger partial charge in [0.2, 0.25) is 0 Å². The Morgan fingerprint density at radius 2 is 1.03 bits per heavy atom. The molecular formula is C49H60O10. The molecule has 4 aromatic rings. The van der Waals surface area contributed by atoms with Gasteiger partial charge in [-0.2, -0.15) is 4.89 Å². The van der Waals surface area contributed by atoms with E-state index in [4.69, 9.17) is 42.9 Å². The molecule has 59 heavy (non-hydrogen) atoms. The lowest BCUT2D eigenvalue weighted by Gasteiger charge is -2.37. The summed E-state index contributed by atoms with van der Waals surface area (Å²) in [6, 6.07) is 26.8. The van der Waals surface area contributed by atoms with Crippen molar-refractivity contribution in [1.29, 1.82) is 0 Å². The summed E-state index contributed by atoms with van der Waals surface area (Å²) in [7, 11) is 0. The third-order valence-electron chi connectivity index (χ3n) is 11.3. The first-order valence-electron chi connectivity index (χ1n) is 21.2. The summed E-state index contributed by atoms with van der Waals surface area (Å²) in [4.78, 5) is 24.6. The van der Waals surface area contributed by atoms with Crippen molar-refractivity contribution in [3.8, 4) is 34.1 Å². The Hall–Kier alpha value is -4.45. The fraction of sp³-hybridized carbons (Fsp3) is 0.490. The van der Waals surface area contributed by atoms with Gasteiger partial charge in [0.05, 0.1) is 58.4 Å². The van der Waals surface area contributed by atoms with E-state index >= 15 is 0 Å². The third-order valence-corrected chi connectivity index (χ3v) is 11.3. The molecule has 0 amide bonds. The Balaban J connectivity index is 0.803. The molecule has 10 nitrogen and oxygen atoms in total. The van der Waals surface area contributed by atoms with Gasteiger partial charge >= 0.3 is 5.97 Å². The van der Waals surface area contributed by atoms with Gasteiger partial charge in [0.15, 0.2) is 5.75 Å². The van der Waals surface area contributed by atoms with Crippen LogP contribution in [-0.4, -0.2) is 72.0 Å².